The van der Waals surface area contributed by atoms with E-state index in [9.17, 15) is 0 Å². The maximum Gasteiger partial charge on any atom is 0.251 e. The molecule has 3 saturated carbocycles. The van der Waals surface area contributed by atoms with Gasteiger partial charge in [-0.2, -0.15) is 0 Å². The summed E-state index contributed by atoms with van der Waals surface area (Å²) in [7, 11) is 0. The van der Waals surface area contributed by atoms with Crippen LogP contribution in [-0.4, -0.2) is 13.4 Å². The molecule has 0 saturated heterocycles. The summed E-state index contributed by atoms with van der Waals surface area (Å²) in [5, 5.41) is 0. The zero-order chi connectivity index (χ0) is 12.1. The molecule has 3 fully saturated rings. The molecule has 4 atom stereocenters. The van der Waals surface area contributed by atoms with E-state index in [-0.39, 0.29) is 0 Å². The van der Waals surface area contributed by atoms with Gasteiger partial charge in [0.2, 0.25) is 0 Å². The molecular formula is C10H18Cl4Si2. The zero-order valence-corrected chi connectivity index (χ0v) is 14.7. The van der Waals surface area contributed by atoms with Crippen molar-refractivity contribution in [2.24, 2.45) is 11.8 Å². The lowest BCUT2D eigenvalue weighted by Gasteiger charge is -2.51. The summed E-state index contributed by atoms with van der Waals surface area (Å²) in [5.41, 5.74) is 1.13. The summed E-state index contributed by atoms with van der Waals surface area (Å²) < 4.78 is 0. The Labute approximate surface area is 119 Å². The molecule has 0 aromatic carbocycles. The number of halogens is 4. The molecule has 2 bridgehead atoms. The molecule has 94 valence electrons. The van der Waals surface area contributed by atoms with E-state index in [0.717, 1.165) is 0 Å². The van der Waals surface area contributed by atoms with E-state index in [1.807, 2.05) is 0 Å². The summed E-state index contributed by atoms with van der Waals surface area (Å²) >= 11 is 25.7. The topological polar surface area (TPSA) is 0 Å². The van der Waals surface area contributed by atoms with Crippen LogP contribution >= 0.6 is 44.3 Å². The Morgan fingerprint density at radius 3 is 1.25 bits per heavy atom. The molecule has 0 aliphatic heterocycles. The molecule has 0 spiro atoms. The number of fused-ring (bicyclic) bond motifs is 3. The number of rotatable bonds is 2. The molecule has 4 unspecified atom stereocenters. The van der Waals surface area contributed by atoms with Gasteiger partial charge in [0.1, 0.15) is 0 Å². The van der Waals surface area contributed by atoms with E-state index >= 15 is 0 Å². The van der Waals surface area contributed by atoms with Crippen LogP contribution in [0.2, 0.25) is 24.2 Å². The van der Waals surface area contributed by atoms with E-state index in [0.29, 0.717) is 22.9 Å². The molecule has 0 amide bonds. The molecule has 6 heteroatoms. The van der Waals surface area contributed by atoms with Gasteiger partial charge in [0.25, 0.3) is 13.4 Å². The van der Waals surface area contributed by atoms with Gasteiger partial charge in [0, 0.05) is 0 Å². The first-order valence-corrected chi connectivity index (χ1v) is 15.2. The Balaban J connectivity index is 2.13. The Hall–Kier alpha value is 1.59. The van der Waals surface area contributed by atoms with Gasteiger partial charge in [-0.05, 0) is 48.9 Å². The third-order valence-corrected chi connectivity index (χ3v) is 11.8. The van der Waals surface area contributed by atoms with Crippen molar-refractivity contribution >= 4 is 57.7 Å². The van der Waals surface area contributed by atoms with Crippen LogP contribution in [0, 0.1) is 11.8 Å². The van der Waals surface area contributed by atoms with Crippen molar-refractivity contribution in [1.82, 2.24) is 0 Å². The third kappa shape index (κ3) is 2.78. The second-order valence-corrected chi connectivity index (χ2v) is 21.6. The molecule has 16 heavy (non-hydrogen) atoms. The Morgan fingerprint density at radius 1 is 0.750 bits per heavy atom. The first-order valence-electron chi connectivity index (χ1n) is 5.95. The summed E-state index contributed by atoms with van der Waals surface area (Å²) in [6.07, 6.45) is 4.92. The van der Waals surface area contributed by atoms with E-state index in [4.69, 9.17) is 44.3 Å². The second-order valence-electron chi connectivity index (χ2n) is 5.69. The highest BCUT2D eigenvalue weighted by Gasteiger charge is 2.53. The predicted molar refractivity (Wildman–Crippen MR) is 79.6 cm³/mol. The van der Waals surface area contributed by atoms with Crippen molar-refractivity contribution in [3.05, 3.63) is 0 Å². The molecule has 0 N–H and O–H groups in total. The van der Waals surface area contributed by atoms with Crippen LogP contribution in [0.25, 0.3) is 0 Å². The molecule has 3 aliphatic rings. The SMILES string of the molecule is C[Si](Cl)(Cl)C1CC2CCC1CC2[Si](C)(Cl)Cl. The van der Waals surface area contributed by atoms with Crippen LogP contribution in [0.1, 0.15) is 25.7 Å². The molecular weight excluding hydrogens is 318 g/mol. The lowest BCUT2D eigenvalue weighted by Crippen LogP contribution is -2.45. The molecule has 0 aromatic rings. The first kappa shape index (κ1) is 14.0. The van der Waals surface area contributed by atoms with Gasteiger partial charge in [0.15, 0.2) is 0 Å². The highest BCUT2D eigenvalue weighted by Crippen LogP contribution is 2.61. The third-order valence-electron chi connectivity index (χ3n) is 4.46. The highest BCUT2D eigenvalue weighted by atomic mass is 35.7. The predicted octanol–water partition coefficient (Wildman–Crippen LogP) is 5.65. The fourth-order valence-electron chi connectivity index (χ4n) is 3.67. The minimum Gasteiger partial charge on any atom is -0.146 e. The number of hydrogen-bond acceptors (Lipinski definition) is 0. The minimum atomic E-state index is -2.02. The minimum absolute atomic E-state index is 0.565. The van der Waals surface area contributed by atoms with Crippen molar-refractivity contribution in [3.8, 4) is 0 Å². The van der Waals surface area contributed by atoms with Gasteiger partial charge in [-0.1, -0.05) is 12.8 Å². The van der Waals surface area contributed by atoms with E-state index < -0.39 is 13.4 Å². The number of hydrogen-bond donors (Lipinski definition) is 0. The van der Waals surface area contributed by atoms with Gasteiger partial charge in [-0.15, -0.1) is 44.3 Å². The van der Waals surface area contributed by atoms with E-state index in [1.165, 1.54) is 25.7 Å². The second kappa shape index (κ2) is 4.61. The lowest BCUT2D eigenvalue weighted by atomic mass is 9.70. The Kier molecular flexibility index (Phi) is 4.03. The zero-order valence-electron chi connectivity index (χ0n) is 9.65. The smallest absolute Gasteiger partial charge is 0.146 e. The van der Waals surface area contributed by atoms with Gasteiger partial charge in [-0.3, -0.25) is 0 Å². The summed E-state index contributed by atoms with van der Waals surface area (Å²) in [5.74, 6) is 1.37. The quantitative estimate of drug-likeness (QED) is 0.452. The first-order chi connectivity index (χ1) is 7.19. The van der Waals surface area contributed by atoms with Crippen LogP contribution in [-0.2, 0) is 0 Å². The maximum atomic E-state index is 6.42. The Bertz CT molecular complexity index is 243. The largest absolute Gasteiger partial charge is 0.251 e. The molecule has 3 rings (SSSR count). The van der Waals surface area contributed by atoms with Gasteiger partial charge >= 0.3 is 0 Å². The van der Waals surface area contributed by atoms with Crippen LogP contribution < -0.4 is 0 Å². The highest BCUT2D eigenvalue weighted by molar-refractivity contribution is 7.46. The molecule has 0 nitrogen and oxygen atoms in total. The average molecular weight is 336 g/mol. The monoisotopic (exact) mass is 334 g/mol. The van der Waals surface area contributed by atoms with Crippen molar-refractivity contribution in [2.45, 2.75) is 49.9 Å². The van der Waals surface area contributed by atoms with Crippen molar-refractivity contribution in [1.29, 1.82) is 0 Å². The van der Waals surface area contributed by atoms with Crippen LogP contribution in [0.15, 0.2) is 0 Å². The summed E-state index contributed by atoms with van der Waals surface area (Å²) in [6, 6.07) is 0. The van der Waals surface area contributed by atoms with Gasteiger partial charge in [-0.25, -0.2) is 0 Å². The fraction of sp³-hybridized carbons (Fsp3) is 1.00. The van der Waals surface area contributed by atoms with Crippen molar-refractivity contribution in [3.63, 3.8) is 0 Å². The van der Waals surface area contributed by atoms with Crippen LogP contribution in [0.4, 0.5) is 0 Å². The average Bonchev–Trinajstić information content (AvgIpc) is 2.15. The lowest BCUT2D eigenvalue weighted by molar-refractivity contribution is 0.172. The summed E-state index contributed by atoms with van der Waals surface area (Å²) in [4.78, 5) is 0. The van der Waals surface area contributed by atoms with Crippen LogP contribution in [0.3, 0.4) is 0 Å². The van der Waals surface area contributed by atoms with Gasteiger partial charge in [0.05, 0.1) is 0 Å². The summed E-state index contributed by atoms with van der Waals surface area (Å²) in [6.45, 7) is 0.0780. The van der Waals surface area contributed by atoms with E-state index in [1.54, 1.807) is 0 Å². The fourth-order valence-corrected chi connectivity index (χ4v) is 10.6. The molecule has 0 radical (unpaired) electrons. The standard InChI is InChI=1S/C10H18Cl4Si2/c1-15(11,12)9-5-8-4-3-7(9)6-10(8)16(2,13)14/h7-10H,3-6H2,1-2H3. The van der Waals surface area contributed by atoms with E-state index in [2.05, 4.69) is 13.1 Å². The molecule has 0 aromatic heterocycles. The van der Waals surface area contributed by atoms with Gasteiger partial charge < -0.3 is 0 Å². The van der Waals surface area contributed by atoms with Crippen LogP contribution in [0.5, 0.6) is 0 Å². The Morgan fingerprint density at radius 2 is 1.06 bits per heavy atom. The normalized spacial score (nSPS) is 40.1. The van der Waals surface area contributed by atoms with Crippen molar-refractivity contribution in [2.75, 3.05) is 0 Å². The van der Waals surface area contributed by atoms with Crippen molar-refractivity contribution < 1.29 is 0 Å². The molecule has 0 heterocycles. The maximum absolute atomic E-state index is 6.42. The molecule has 3 aliphatic carbocycles.